The van der Waals surface area contributed by atoms with Crippen LogP contribution in [0, 0.1) is 10.7 Å². The van der Waals surface area contributed by atoms with Crippen LogP contribution in [0.3, 0.4) is 0 Å². The maximum Gasteiger partial charge on any atom is 0.508 e. The second-order valence-corrected chi connectivity index (χ2v) is 7.90. The van der Waals surface area contributed by atoms with E-state index in [1.165, 1.54) is 0 Å². The van der Waals surface area contributed by atoms with Crippen LogP contribution in [0.1, 0.15) is 38.2 Å². The minimum Gasteiger partial charge on any atom is -0.434 e. The van der Waals surface area contributed by atoms with Crippen LogP contribution < -0.4 is 5.73 Å². The van der Waals surface area contributed by atoms with E-state index in [2.05, 4.69) is 74.7 Å². The van der Waals surface area contributed by atoms with Crippen LogP contribution in [0.25, 0.3) is 0 Å². The van der Waals surface area contributed by atoms with E-state index in [1.807, 2.05) is 6.07 Å². The quantitative estimate of drug-likeness (QED) is 0.192. The number of halogens is 3. The first-order valence-electron chi connectivity index (χ1n) is 6.68. The van der Waals surface area contributed by atoms with Gasteiger partial charge in [-0.05, 0) is 80.3 Å². The fourth-order valence-corrected chi connectivity index (χ4v) is 5.32. The molecule has 0 bridgehead atoms. The number of benzene rings is 1. The van der Waals surface area contributed by atoms with Gasteiger partial charge in [0.1, 0.15) is 6.61 Å². The lowest BCUT2D eigenvalue weighted by Crippen LogP contribution is -2.11. The summed E-state index contributed by atoms with van der Waals surface area (Å²) < 4.78 is 13.2. The number of anilines is 1. The number of rotatable bonds is 7. The van der Waals surface area contributed by atoms with E-state index in [0.29, 0.717) is 6.61 Å². The molecule has 0 aromatic heterocycles. The Bertz CT molecular complexity index is 495. The molecule has 0 heterocycles. The Morgan fingerprint density at radius 1 is 1.14 bits per heavy atom. The van der Waals surface area contributed by atoms with Gasteiger partial charge in [0.05, 0.1) is 12.3 Å². The number of nitrogens with two attached hydrogens (primary N) is 1. The van der Waals surface area contributed by atoms with Crippen LogP contribution >= 0.6 is 67.8 Å². The summed E-state index contributed by atoms with van der Waals surface area (Å²) in [5, 5.41) is 0. The first kappa shape index (κ1) is 19.5. The molecule has 0 aliphatic carbocycles. The molecule has 1 aromatic rings. The number of carbonyl (C=O) groups excluding carboxylic acids is 1. The van der Waals surface area contributed by atoms with Crippen LogP contribution in [-0.2, 0) is 16.1 Å². The van der Waals surface area contributed by atoms with Crippen molar-refractivity contribution in [3.63, 3.8) is 0 Å². The van der Waals surface area contributed by atoms with Crippen molar-refractivity contribution >= 4 is 79.6 Å². The Labute approximate surface area is 166 Å². The van der Waals surface area contributed by atoms with E-state index < -0.39 is 6.16 Å². The third-order valence-corrected chi connectivity index (χ3v) is 5.94. The Hall–Kier alpha value is 0.480. The Kier molecular flexibility index (Phi) is 9.57. The Morgan fingerprint density at radius 2 is 1.86 bits per heavy atom. The van der Waals surface area contributed by atoms with Crippen LogP contribution in [0.2, 0.25) is 0 Å². The van der Waals surface area contributed by atoms with Crippen molar-refractivity contribution in [1.29, 1.82) is 0 Å². The molecular formula is C14H18I3NO3. The maximum absolute atomic E-state index is 11.5. The highest BCUT2D eigenvalue weighted by Crippen LogP contribution is 2.29. The van der Waals surface area contributed by atoms with Crippen molar-refractivity contribution in [2.24, 2.45) is 0 Å². The lowest BCUT2D eigenvalue weighted by Gasteiger charge is -2.12. The average Bonchev–Trinajstić information content (AvgIpc) is 2.44. The van der Waals surface area contributed by atoms with Gasteiger partial charge in [-0.15, -0.1) is 0 Å². The first-order chi connectivity index (χ1) is 9.97. The van der Waals surface area contributed by atoms with Gasteiger partial charge in [-0.1, -0.05) is 26.2 Å². The molecule has 21 heavy (non-hydrogen) atoms. The van der Waals surface area contributed by atoms with Gasteiger partial charge >= 0.3 is 6.16 Å². The fraction of sp³-hybridized carbons (Fsp3) is 0.500. The van der Waals surface area contributed by atoms with E-state index in [1.54, 1.807) is 0 Å². The summed E-state index contributed by atoms with van der Waals surface area (Å²) in [5.41, 5.74) is 7.65. The molecule has 1 aromatic carbocycles. The van der Waals surface area contributed by atoms with Crippen LogP contribution in [0.5, 0.6) is 0 Å². The summed E-state index contributed by atoms with van der Waals surface area (Å²) in [5.74, 6) is 0. The van der Waals surface area contributed by atoms with Gasteiger partial charge in [0.2, 0.25) is 0 Å². The van der Waals surface area contributed by atoms with Crippen molar-refractivity contribution in [3.8, 4) is 0 Å². The largest absolute Gasteiger partial charge is 0.508 e. The topological polar surface area (TPSA) is 61.5 Å². The highest BCUT2D eigenvalue weighted by atomic mass is 127. The molecule has 0 aliphatic heterocycles. The zero-order valence-electron chi connectivity index (χ0n) is 11.8. The first-order valence-corrected chi connectivity index (χ1v) is 9.92. The standard InChI is InChI=1S/C14H18I3NO3/c1-2-3-4-5-6-20-14(19)21-8-9-10(15)7-11(16)13(18)12(9)17/h7H,2-6,8,18H2,1H3. The number of hydrogen-bond donors (Lipinski definition) is 1. The third-order valence-electron chi connectivity index (χ3n) is 2.85. The highest BCUT2D eigenvalue weighted by Gasteiger charge is 2.14. The van der Waals surface area contributed by atoms with Gasteiger partial charge in [-0.3, -0.25) is 0 Å². The van der Waals surface area contributed by atoms with Gasteiger partial charge in [-0.25, -0.2) is 4.79 Å². The number of ether oxygens (including phenoxy) is 2. The third kappa shape index (κ3) is 6.63. The van der Waals surface area contributed by atoms with E-state index in [0.717, 1.165) is 47.6 Å². The minimum absolute atomic E-state index is 0.186. The molecule has 4 nitrogen and oxygen atoms in total. The smallest absolute Gasteiger partial charge is 0.434 e. The second kappa shape index (κ2) is 10.3. The van der Waals surface area contributed by atoms with Crippen LogP contribution in [0.15, 0.2) is 6.07 Å². The molecule has 0 spiro atoms. The SMILES string of the molecule is CCCCCCOC(=O)OCc1c(I)cc(I)c(N)c1I. The monoisotopic (exact) mass is 629 g/mol. The van der Waals surface area contributed by atoms with Crippen LogP contribution in [0.4, 0.5) is 10.5 Å². The van der Waals surface area contributed by atoms with Gasteiger partial charge in [0.25, 0.3) is 0 Å². The highest BCUT2D eigenvalue weighted by molar-refractivity contribution is 14.1. The number of hydrogen-bond acceptors (Lipinski definition) is 4. The van der Waals surface area contributed by atoms with Crippen LogP contribution in [-0.4, -0.2) is 12.8 Å². The lowest BCUT2D eigenvalue weighted by atomic mass is 10.2. The fourth-order valence-electron chi connectivity index (χ4n) is 1.64. The molecule has 0 amide bonds. The van der Waals surface area contributed by atoms with E-state index in [-0.39, 0.29) is 6.61 Å². The molecule has 2 N–H and O–H groups in total. The average molecular weight is 629 g/mol. The zero-order valence-corrected chi connectivity index (χ0v) is 18.2. The maximum atomic E-state index is 11.5. The Morgan fingerprint density at radius 3 is 2.52 bits per heavy atom. The molecular weight excluding hydrogens is 611 g/mol. The normalized spacial score (nSPS) is 10.5. The molecule has 0 fully saturated rings. The van der Waals surface area contributed by atoms with Gasteiger partial charge in [0.15, 0.2) is 0 Å². The number of carbonyl (C=O) groups is 1. The van der Waals surface area contributed by atoms with Crippen molar-refractivity contribution in [3.05, 3.63) is 22.3 Å². The molecule has 0 saturated carbocycles. The molecule has 7 heteroatoms. The predicted octanol–water partition coefficient (Wildman–Crippen LogP) is 5.32. The van der Waals surface area contributed by atoms with E-state index in [4.69, 9.17) is 15.2 Å². The lowest BCUT2D eigenvalue weighted by molar-refractivity contribution is 0.0485. The van der Waals surface area contributed by atoms with E-state index in [9.17, 15) is 4.79 Å². The van der Waals surface area contributed by atoms with Crippen molar-refractivity contribution in [2.45, 2.75) is 39.2 Å². The predicted molar refractivity (Wildman–Crippen MR) is 109 cm³/mol. The zero-order chi connectivity index (χ0) is 15.8. The number of unbranched alkanes of at least 4 members (excludes halogenated alkanes) is 3. The van der Waals surface area contributed by atoms with E-state index >= 15 is 0 Å². The number of nitrogen functional groups attached to an aromatic ring is 1. The summed E-state index contributed by atoms with van der Waals surface area (Å²) >= 11 is 6.60. The molecule has 0 aliphatic rings. The molecule has 0 unspecified atom stereocenters. The minimum atomic E-state index is -0.616. The summed E-state index contributed by atoms with van der Waals surface area (Å²) in [6.45, 7) is 2.75. The molecule has 0 radical (unpaired) electrons. The van der Waals surface area contributed by atoms with Crippen molar-refractivity contribution in [2.75, 3.05) is 12.3 Å². The summed E-state index contributed by atoms with van der Waals surface area (Å²) in [6, 6.07) is 1.98. The summed E-state index contributed by atoms with van der Waals surface area (Å²) in [7, 11) is 0. The molecule has 118 valence electrons. The summed E-state index contributed by atoms with van der Waals surface area (Å²) in [4.78, 5) is 11.5. The summed E-state index contributed by atoms with van der Waals surface area (Å²) in [6.07, 6.45) is 3.67. The second-order valence-electron chi connectivity index (χ2n) is 4.49. The van der Waals surface area contributed by atoms with Gasteiger partial charge in [0, 0.05) is 16.3 Å². The molecule has 1 rings (SSSR count). The molecule has 0 atom stereocenters. The van der Waals surface area contributed by atoms with Gasteiger partial charge < -0.3 is 15.2 Å². The Balaban J connectivity index is 2.45. The van der Waals surface area contributed by atoms with Crippen molar-refractivity contribution < 1.29 is 14.3 Å². The van der Waals surface area contributed by atoms with Crippen molar-refractivity contribution in [1.82, 2.24) is 0 Å². The van der Waals surface area contributed by atoms with Gasteiger partial charge in [-0.2, -0.15) is 0 Å². The molecule has 0 saturated heterocycles.